The number of non-ortho nitro benzene ring substituents is 1. The molecule has 0 spiro atoms. The first-order valence-corrected chi connectivity index (χ1v) is 10.5. The van der Waals surface area contributed by atoms with Crippen LogP contribution in [0, 0.1) is 10.1 Å². The Bertz CT molecular complexity index is 638. The summed E-state index contributed by atoms with van der Waals surface area (Å²) in [5.74, 6) is -0.0830. The maximum absolute atomic E-state index is 10.8. The zero-order chi connectivity index (χ0) is 20.6. The van der Waals surface area contributed by atoms with Gasteiger partial charge in [0.1, 0.15) is 5.75 Å². The maximum Gasteiger partial charge on any atom is 0.270 e. The first-order chi connectivity index (χ1) is 13.5. The summed E-state index contributed by atoms with van der Waals surface area (Å²) in [5.41, 5.74) is 2.79. The predicted molar refractivity (Wildman–Crippen MR) is 118 cm³/mol. The number of phenolic OH excluding ortho intramolecular Hbond substituents is 1. The Labute approximate surface area is 172 Å². The normalized spacial score (nSPS) is 10.9. The van der Waals surface area contributed by atoms with Crippen molar-refractivity contribution >= 4 is 29.2 Å². The quantitative estimate of drug-likeness (QED) is 0.131. The Morgan fingerprint density at radius 2 is 1.75 bits per heavy atom. The highest BCUT2D eigenvalue weighted by molar-refractivity contribution is 7.80. The molecule has 0 aliphatic heterocycles. The lowest BCUT2D eigenvalue weighted by Gasteiger charge is -2.07. The van der Waals surface area contributed by atoms with Gasteiger partial charge in [-0.15, -0.1) is 0 Å². The van der Waals surface area contributed by atoms with Crippen molar-refractivity contribution < 1.29 is 10.0 Å². The van der Waals surface area contributed by atoms with Gasteiger partial charge in [-0.05, 0) is 24.7 Å². The molecule has 0 saturated carbocycles. The number of nitrogens with one attached hydrogen (secondary N) is 2. The number of hydrogen-bond donors (Lipinski definition) is 3. The highest BCUT2D eigenvalue weighted by Crippen LogP contribution is 2.21. The van der Waals surface area contributed by atoms with Gasteiger partial charge in [0.05, 0.1) is 11.1 Å². The van der Waals surface area contributed by atoms with Crippen LogP contribution in [0.25, 0.3) is 0 Å². The molecule has 0 amide bonds. The van der Waals surface area contributed by atoms with Crippen LogP contribution in [0.4, 0.5) is 5.69 Å². The van der Waals surface area contributed by atoms with Crippen LogP contribution in [0.3, 0.4) is 0 Å². The summed E-state index contributed by atoms with van der Waals surface area (Å²) < 4.78 is 0. The second-order valence-electron chi connectivity index (χ2n) is 6.81. The van der Waals surface area contributed by atoms with Crippen LogP contribution < -0.4 is 10.7 Å². The number of nitrogens with zero attached hydrogens (tertiary/aromatic N) is 2. The molecule has 0 atom stereocenters. The highest BCUT2D eigenvalue weighted by atomic mass is 32.1. The molecule has 0 heterocycles. The van der Waals surface area contributed by atoms with Crippen LogP contribution in [0.5, 0.6) is 5.75 Å². The Balaban J connectivity index is 2.10. The minimum atomic E-state index is -0.525. The lowest BCUT2D eigenvalue weighted by atomic mass is 10.1. The molecule has 1 rings (SSSR count). The summed E-state index contributed by atoms with van der Waals surface area (Å²) in [6, 6.07) is 3.75. The SMILES string of the molecule is CCCCCCCCCCCCNC(=S)N/N=C\c1cc([N+](=O)[O-])ccc1O. The van der Waals surface area contributed by atoms with Gasteiger partial charge >= 0.3 is 0 Å². The van der Waals surface area contributed by atoms with Gasteiger partial charge in [0, 0.05) is 24.2 Å². The van der Waals surface area contributed by atoms with E-state index >= 15 is 0 Å². The number of unbranched alkanes of at least 4 members (excludes halogenated alkanes) is 9. The number of nitro groups is 1. The van der Waals surface area contributed by atoms with Crippen molar-refractivity contribution in [3.8, 4) is 5.75 Å². The second kappa shape index (κ2) is 14.8. The lowest BCUT2D eigenvalue weighted by molar-refractivity contribution is -0.384. The number of rotatable bonds is 14. The molecule has 0 radical (unpaired) electrons. The summed E-state index contributed by atoms with van der Waals surface area (Å²) in [5, 5.41) is 27.8. The zero-order valence-corrected chi connectivity index (χ0v) is 17.5. The van der Waals surface area contributed by atoms with E-state index in [1.807, 2.05) is 0 Å². The molecule has 7 nitrogen and oxygen atoms in total. The van der Waals surface area contributed by atoms with Crippen molar-refractivity contribution in [1.29, 1.82) is 0 Å². The van der Waals surface area contributed by atoms with Crippen LogP contribution in [-0.2, 0) is 0 Å². The summed E-state index contributed by atoms with van der Waals surface area (Å²) in [6.45, 7) is 3.02. The highest BCUT2D eigenvalue weighted by Gasteiger charge is 2.08. The first kappa shape index (κ1) is 23.8. The van der Waals surface area contributed by atoms with E-state index in [-0.39, 0.29) is 17.0 Å². The van der Waals surface area contributed by atoms with Gasteiger partial charge in [0.15, 0.2) is 5.11 Å². The van der Waals surface area contributed by atoms with E-state index in [2.05, 4.69) is 22.8 Å². The number of nitro benzene ring substituents is 1. The molecule has 156 valence electrons. The summed E-state index contributed by atoms with van der Waals surface area (Å²) in [4.78, 5) is 10.2. The third kappa shape index (κ3) is 10.8. The minimum Gasteiger partial charge on any atom is -0.507 e. The van der Waals surface area contributed by atoms with E-state index in [9.17, 15) is 15.2 Å². The van der Waals surface area contributed by atoms with E-state index in [0.717, 1.165) is 13.0 Å². The molecule has 0 bridgehead atoms. The Morgan fingerprint density at radius 3 is 2.36 bits per heavy atom. The average Bonchev–Trinajstić information content (AvgIpc) is 2.67. The average molecular weight is 409 g/mol. The Hall–Kier alpha value is -2.22. The number of aromatic hydroxyl groups is 1. The number of hydrogen-bond acceptors (Lipinski definition) is 5. The van der Waals surface area contributed by atoms with Crippen LogP contribution in [-0.4, -0.2) is 27.9 Å². The molecule has 0 aromatic heterocycles. The molecule has 0 aliphatic carbocycles. The van der Waals surface area contributed by atoms with Crippen LogP contribution in [0.15, 0.2) is 23.3 Å². The monoisotopic (exact) mass is 408 g/mol. The van der Waals surface area contributed by atoms with Crippen molar-refractivity contribution in [2.75, 3.05) is 6.54 Å². The fraction of sp³-hybridized carbons (Fsp3) is 0.600. The summed E-state index contributed by atoms with van der Waals surface area (Å²) >= 11 is 5.13. The zero-order valence-electron chi connectivity index (χ0n) is 16.7. The molecule has 0 unspecified atom stereocenters. The van der Waals surface area contributed by atoms with Crippen molar-refractivity contribution in [3.05, 3.63) is 33.9 Å². The van der Waals surface area contributed by atoms with Crippen molar-refractivity contribution in [3.63, 3.8) is 0 Å². The smallest absolute Gasteiger partial charge is 0.270 e. The molecule has 0 saturated heterocycles. The van der Waals surface area contributed by atoms with Gasteiger partial charge in [-0.25, -0.2) is 0 Å². The van der Waals surface area contributed by atoms with Gasteiger partial charge in [-0.1, -0.05) is 64.7 Å². The number of benzene rings is 1. The first-order valence-electron chi connectivity index (χ1n) is 10.1. The van der Waals surface area contributed by atoms with Crippen molar-refractivity contribution in [1.82, 2.24) is 10.7 Å². The van der Waals surface area contributed by atoms with Crippen LogP contribution >= 0.6 is 12.2 Å². The number of phenols is 1. The molecule has 1 aromatic carbocycles. The summed E-state index contributed by atoms with van der Waals surface area (Å²) in [6.07, 6.45) is 14.1. The van der Waals surface area contributed by atoms with E-state index in [0.29, 0.717) is 5.11 Å². The van der Waals surface area contributed by atoms with Crippen LogP contribution in [0.1, 0.15) is 76.7 Å². The molecule has 0 aliphatic rings. The van der Waals surface area contributed by atoms with E-state index < -0.39 is 4.92 Å². The Kier molecular flexibility index (Phi) is 12.6. The van der Waals surface area contributed by atoms with E-state index in [4.69, 9.17) is 12.2 Å². The van der Waals surface area contributed by atoms with Crippen molar-refractivity contribution in [2.24, 2.45) is 5.10 Å². The molecule has 0 fully saturated rings. The number of thiocarbonyl (C=S) groups is 1. The lowest BCUT2D eigenvalue weighted by Crippen LogP contribution is -2.32. The third-order valence-corrected chi connectivity index (χ3v) is 4.64. The molecular weight excluding hydrogens is 376 g/mol. The molecular formula is C20H32N4O3S. The van der Waals surface area contributed by atoms with E-state index in [1.165, 1.54) is 82.2 Å². The second-order valence-corrected chi connectivity index (χ2v) is 7.22. The van der Waals surface area contributed by atoms with Gasteiger partial charge in [0.2, 0.25) is 0 Å². The van der Waals surface area contributed by atoms with E-state index in [1.54, 1.807) is 0 Å². The third-order valence-electron chi connectivity index (χ3n) is 4.41. The molecule has 8 heteroatoms. The van der Waals surface area contributed by atoms with Gasteiger partial charge in [-0.3, -0.25) is 15.5 Å². The standard InChI is InChI=1S/C20H32N4O3S/c1-2-3-4-5-6-7-8-9-10-11-14-21-20(28)23-22-16-17-15-18(24(26)27)12-13-19(17)25/h12-13,15-16,25H,2-11,14H2,1H3,(H2,21,23,28)/b22-16-. The topological polar surface area (TPSA) is 99.8 Å². The van der Waals surface area contributed by atoms with Gasteiger partial charge in [-0.2, -0.15) is 5.10 Å². The Morgan fingerprint density at radius 1 is 1.14 bits per heavy atom. The van der Waals surface area contributed by atoms with Crippen molar-refractivity contribution in [2.45, 2.75) is 71.1 Å². The fourth-order valence-electron chi connectivity index (χ4n) is 2.77. The minimum absolute atomic E-state index is 0.0830. The maximum atomic E-state index is 10.8. The predicted octanol–water partition coefficient (Wildman–Crippen LogP) is 5.02. The number of hydrazone groups is 1. The summed E-state index contributed by atoms with van der Waals surface area (Å²) in [7, 11) is 0. The molecule has 3 N–H and O–H groups in total. The fourth-order valence-corrected chi connectivity index (χ4v) is 2.93. The van der Waals surface area contributed by atoms with Crippen LogP contribution in [0.2, 0.25) is 0 Å². The molecule has 1 aromatic rings. The van der Waals surface area contributed by atoms with Gasteiger partial charge < -0.3 is 10.4 Å². The molecule has 28 heavy (non-hydrogen) atoms. The van der Waals surface area contributed by atoms with Gasteiger partial charge in [0.25, 0.3) is 5.69 Å². The largest absolute Gasteiger partial charge is 0.507 e.